The van der Waals surface area contributed by atoms with Gasteiger partial charge in [0, 0.05) is 5.56 Å². The zero-order chi connectivity index (χ0) is 21.9. The van der Waals surface area contributed by atoms with Crippen LogP contribution in [-0.4, -0.2) is 50.2 Å². The number of fused-ring (bicyclic) bond motifs is 1. The Morgan fingerprint density at radius 1 is 1.03 bits per heavy atom. The van der Waals surface area contributed by atoms with Crippen molar-refractivity contribution in [1.82, 2.24) is 0 Å². The highest BCUT2D eigenvalue weighted by molar-refractivity contribution is 5.92. The summed E-state index contributed by atoms with van der Waals surface area (Å²) < 4.78 is 11.0. The number of hydrogen-bond donors (Lipinski definition) is 5. The SMILES string of the molecule is COc1c(C(=O)O)ccc2c1CCC(C)(C)O2.O=C(O)c1cc(O)c(O)c(O)c1. The zero-order valence-electron chi connectivity index (χ0n) is 16.1. The maximum atomic E-state index is 11.1. The number of ether oxygens (including phenoxy) is 2. The average molecular weight is 406 g/mol. The van der Waals surface area contributed by atoms with Crippen LogP contribution < -0.4 is 9.47 Å². The summed E-state index contributed by atoms with van der Waals surface area (Å²) in [6.45, 7) is 4.04. The van der Waals surface area contributed by atoms with E-state index in [0.717, 1.165) is 36.3 Å². The lowest BCUT2D eigenvalue weighted by Crippen LogP contribution is -2.32. The van der Waals surface area contributed by atoms with Crippen molar-refractivity contribution in [2.45, 2.75) is 32.3 Å². The van der Waals surface area contributed by atoms with Crippen molar-refractivity contribution in [1.29, 1.82) is 0 Å². The summed E-state index contributed by atoms with van der Waals surface area (Å²) in [6, 6.07) is 4.93. The van der Waals surface area contributed by atoms with Gasteiger partial charge in [0.15, 0.2) is 17.2 Å². The average Bonchev–Trinajstić information content (AvgIpc) is 2.64. The van der Waals surface area contributed by atoms with Gasteiger partial charge >= 0.3 is 11.9 Å². The van der Waals surface area contributed by atoms with Crippen molar-refractivity contribution >= 4 is 11.9 Å². The molecule has 0 saturated carbocycles. The maximum absolute atomic E-state index is 11.1. The molecule has 0 aromatic heterocycles. The molecule has 0 amide bonds. The first-order valence-corrected chi connectivity index (χ1v) is 8.57. The van der Waals surface area contributed by atoms with Crippen LogP contribution in [0.1, 0.15) is 46.5 Å². The molecule has 29 heavy (non-hydrogen) atoms. The van der Waals surface area contributed by atoms with E-state index < -0.39 is 29.2 Å². The lowest BCUT2D eigenvalue weighted by atomic mass is 9.92. The van der Waals surface area contributed by atoms with Crippen molar-refractivity contribution in [3.63, 3.8) is 0 Å². The van der Waals surface area contributed by atoms with Crippen LogP contribution in [0.4, 0.5) is 0 Å². The van der Waals surface area contributed by atoms with Crippen molar-refractivity contribution in [2.75, 3.05) is 7.11 Å². The van der Waals surface area contributed by atoms with Crippen LogP contribution in [-0.2, 0) is 6.42 Å². The Morgan fingerprint density at radius 3 is 2.10 bits per heavy atom. The summed E-state index contributed by atoms with van der Waals surface area (Å²) in [6.07, 6.45) is 1.62. The Kier molecular flexibility index (Phi) is 6.11. The van der Waals surface area contributed by atoms with Crippen LogP contribution >= 0.6 is 0 Å². The van der Waals surface area contributed by atoms with Gasteiger partial charge in [0.05, 0.1) is 12.7 Å². The number of carboxylic acid groups (broad SMARTS) is 2. The molecule has 9 heteroatoms. The van der Waals surface area contributed by atoms with Crippen LogP contribution in [0.5, 0.6) is 28.7 Å². The first kappa shape index (κ1) is 21.7. The fourth-order valence-corrected chi connectivity index (χ4v) is 2.85. The minimum atomic E-state index is -1.29. The molecule has 0 atom stereocenters. The highest BCUT2D eigenvalue weighted by atomic mass is 16.5. The molecule has 1 aliphatic rings. The fraction of sp³-hybridized carbons (Fsp3) is 0.300. The van der Waals surface area contributed by atoms with E-state index in [0.29, 0.717) is 5.75 Å². The molecule has 2 aromatic carbocycles. The first-order chi connectivity index (χ1) is 13.5. The van der Waals surface area contributed by atoms with Crippen molar-refractivity contribution in [3.05, 3.63) is 41.0 Å². The van der Waals surface area contributed by atoms with Gasteiger partial charge in [-0.1, -0.05) is 0 Å². The van der Waals surface area contributed by atoms with Gasteiger partial charge in [-0.25, -0.2) is 9.59 Å². The lowest BCUT2D eigenvalue weighted by Gasteiger charge is -2.33. The fourth-order valence-electron chi connectivity index (χ4n) is 2.85. The molecule has 2 aromatic rings. The molecule has 0 bridgehead atoms. The molecule has 0 aliphatic carbocycles. The Bertz CT molecular complexity index is 924. The van der Waals surface area contributed by atoms with Gasteiger partial charge in [-0.05, 0) is 51.0 Å². The summed E-state index contributed by atoms with van der Waals surface area (Å²) in [4.78, 5) is 21.4. The topological polar surface area (TPSA) is 154 Å². The monoisotopic (exact) mass is 406 g/mol. The minimum absolute atomic E-state index is 0.189. The number of benzene rings is 2. The van der Waals surface area contributed by atoms with Gasteiger partial charge in [-0.2, -0.15) is 0 Å². The summed E-state index contributed by atoms with van der Waals surface area (Å²) in [7, 11) is 1.49. The molecule has 0 spiro atoms. The number of methoxy groups -OCH3 is 1. The van der Waals surface area contributed by atoms with Crippen molar-refractivity contribution in [3.8, 4) is 28.7 Å². The van der Waals surface area contributed by atoms with Crippen LogP contribution in [0.3, 0.4) is 0 Å². The summed E-state index contributed by atoms with van der Waals surface area (Å²) in [5, 5.41) is 44.0. The normalized spacial score (nSPS) is 13.9. The van der Waals surface area contributed by atoms with Gasteiger partial charge in [0.2, 0.25) is 0 Å². The van der Waals surface area contributed by atoms with Crippen LogP contribution in [0.2, 0.25) is 0 Å². The van der Waals surface area contributed by atoms with Crippen LogP contribution in [0, 0.1) is 0 Å². The first-order valence-electron chi connectivity index (χ1n) is 8.57. The quantitative estimate of drug-likeness (QED) is 0.484. The van der Waals surface area contributed by atoms with Gasteiger partial charge in [-0.15, -0.1) is 0 Å². The number of aromatic carboxylic acids is 2. The second-order valence-electron chi connectivity index (χ2n) is 6.96. The summed E-state index contributed by atoms with van der Waals surface area (Å²) in [5.41, 5.74) is 0.548. The van der Waals surface area contributed by atoms with E-state index in [-0.39, 0.29) is 16.7 Å². The Hall–Kier alpha value is -3.62. The third kappa shape index (κ3) is 4.81. The van der Waals surface area contributed by atoms with Gasteiger partial charge in [-0.3, -0.25) is 0 Å². The highest BCUT2D eigenvalue weighted by Crippen LogP contribution is 2.40. The number of carbonyl (C=O) groups is 2. The molecule has 156 valence electrons. The highest BCUT2D eigenvalue weighted by Gasteiger charge is 2.30. The maximum Gasteiger partial charge on any atom is 0.339 e. The molecular weight excluding hydrogens is 384 g/mol. The van der Waals surface area contributed by atoms with Gasteiger partial charge in [0.25, 0.3) is 0 Å². The van der Waals surface area contributed by atoms with Crippen molar-refractivity contribution < 1.29 is 44.6 Å². The Morgan fingerprint density at radius 2 is 1.62 bits per heavy atom. The molecule has 5 N–H and O–H groups in total. The summed E-state index contributed by atoms with van der Waals surface area (Å²) in [5.74, 6) is -3.16. The predicted octanol–water partition coefficient (Wildman–Crippen LogP) is 3.00. The largest absolute Gasteiger partial charge is 0.504 e. The van der Waals surface area contributed by atoms with Crippen LogP contribution in [0.25, 0.3) is 0 Å². The second kappa shape index (κ2) is 8.17. The zero-order valence-corrected chi connectivity index (χ0v) is 16.1. The standard InChI is InChI=1S/C13H16O4.C7H6O5/c1-13(2)7-6-8-10(17-13)5-4-9(12(14)15)11(8)16-3;8-4-1-3(7(11)12)2-5(9)6(4)10/h4-5H,6-7H2,1-3H3,(H,14,15);1-2,8-10H,(H,11,12). The predicted molar refractivity (Wildman–Crippen MR) is 101 cm³/mol. The molecule has 0 fully saturated rings. The van der Waals surface area contributed by atoms with Gasteiger partial charge in [0.1, 0.15) is 22.7 Å². The van der Waals surface area contributed by atoms with E-state index in [2.05, 4.69) is 0 Å². The smallest absolute Gasteiger partial charge is 0.339 e. The number of rotatable bonds is 3. The minimum Gasteiger partial charge on any atom is -0.504 e. The number of hydrogen-bond acceptors (Lipinski definition) is 7. The summed E-state index contributed by atoms with van der Waals surface area (Å²) >= 11 is 0. The van der Waals surface area contributed by atoms with E-state index in [1.54, 1.807) is 6.07 Å². The lowest BCUT2D eigenvalue weighted by molar-refractivity contribution is 0.0681. The van der Waals surface area contributed by atoms with E-state index in [4.69, 9.17) is 35.0 Å². The third-order valence-electron chi connectivity index (χ3n) is 4.33. The number of aromatic hydroxyl groups is 3. The molecule has 0 saturated heterocycles. The Balaban J connectivity index is 0.000000221. The molecule has 0 radical (unpaired) electrons. The van der Waals surface area contributed by atoms with E-state index in [1.165, 1.54) is 13.2 Å². The second-order valence-corrected chi connectivity index (χ2v) is 6.96. The van der Waals surface area contributed by atoms with Gasteiger partial charge < -0.3 is 35.0 Å². The van der Waals surface area contributed by atoms with E-state index in [9.17, 15) is 9.59 Å². The molecule has 3 rings (SSSR count). The molecule has 9 nitrogen and oxygen atoms in total. The molecular formula is C20H22O9. The van der Waals surface area contributed by atoms with Crippen molar-refractivity contribution in [2.24, 2.45) is 0 Å². The molecule has 1 aliphatic heterocycles. The van der Waals surface area contributed by atoms with E-state index >= 15 is 0 Å². The number of phenols is 3. The number of phenolic OH excluding ortho intramolecular Hbond substituents is 3. The third-order valence-corrected chi connectivity index (χ3v) is 4.33. The molecule has 1 heterocycles. The van der Waals surface area contributed by atoms with E-state index in [1.807, 2.05) is 13.8 Å². The molecule has 0 unspecified atom stereocenters. The van der Waals surface area contributed by atoms with Crippen LogP contribution in [0.15, 0.2) is 24.3 Å². The Labute approximate surface area is 166 Å². The number of carboxylic acids is 2.